The highest BCUT2D eigenvalue weighted by molar-refractivity contribution is 6.64. The van der Waals surface area contributed by atoms with Crippen molar-refractivity contribution >= 4 is 28.4 Å². The lowest BCUT2D eigenvalue weighted by Crippen LogP contribution is -2.11. The first-order chi connectivity index (χ1) is 8.49. The number of carbonyl (C=O) groups is 1. The van der Waals surface area contributed by atoms with Crippen LogP contribution in [-0.4, -0.2) is 11.1 Å². The van der Waals surface area contributed by atoms with Crippen molar-refractivity contribution < 1.29 is 18.0 Å². The maximum atomic E-state index is 13.5. The van der Waals surface area contributed by atoms with Gasteiger partial charge in [-0.2, -0.15) is 0 Å². The van der Waals surface area contributed by atoms with Gasteiger partial charge < -0.3 is 0 Å². The first-order valence-electron chi connectivity index (χ1n) is 5.37. The van der Waals surface area contributed by atoms with Gasteiger partial charge in [0.1, 0.15) is 0 Å². The highest BCUT2D eigenvalue weighted by Crippen LogP contribution is 2.29. The summed E-state index contributed by atoms with van der Waals surface area (Å²) in [7, 11) is 0. The van der Waals surface area contributed by atoms with Crippen molar-refractivity contribution in [3.63, 3.8) is 0 Å². The summed E-state index contributed by atoms with van der Waals surface area (Å²) in [4.78, 5) is 11.2. The Hall–Kier alpha value is -0.740. The van der Waals surface area contributed by atoms with Gasteiger partial charge in [0, 0.05) is 11.4 Å². The fourth-order valence-corrected chi connectivity index (χ4v) is 2.06. The average molecular weight is 299 g/mol. The summed E-state index contributed by atoms with van der Waals surface area (Å²) >= 11 is 10.9. The molecule has 0 saturated heterocycles. The second-order valence-electron chi connectivity index (χ2n) is 3.81. The van der Waals surface area contributed by atoms with Crippen molar-refractivity contribution in [3.05, 3.63) is 35.1 Å². The van der Waals surface area contributed by atoms with Crippen molar-refractivity contribution in [2.45, 2.75) is 25.2 Å². The number of unbranched alkanes of at least 4 members (excludes halogenated alkanes) is 1. The Kier molecular flexibility index (Phi) is 5.96. The van der Waals surface area contributed by atoms with Crippen molar-refractivity contribution in [2.75, 3.05) is 5.88 Å². The van der Waals surface area contributed by atoms with Crippen molar-refractivity contribution in [1.29, 1.82) is 0 Å². The zero-order chi connectivity index (χ0) is 13.7. The van der Waals surface area contributed by atoms with E-state index in [4.69, 9.17) is 23.2 Å². The second-order valence-corrected chi connectivity index (χ2v) is 4.56. The molecular weight excluding hydrogens is 288 g/mol. The topological polar surface area (TPSA) is 17.1 Å². The number of hydrogen-bond donors (Lipinski definition) is 0. The monoisotopic (exact) mass is 298 g/mol. The van der Waals surface area contributed by atoms with E-state index in [1.807, 2.05) is 0 Å². The van der Waals surface area contributed by atoms with Crippen LogP contribution in [0, 0.1) is 17.5 Å². The molecule has 0 saturated carbocycles. The molecule has 0 radical (unpaired) electrons. The van der Waals surface area contributed by atoms with Crippen LogP contribution in [0.5, 0.6) is 0 Å². The van der Waals surface area contributed by atoms with Crippen molar-refractivity contribution in [2.24, 2.45) is 0 Å². The minimum Gasteiger partial charge on any atom is -0.281 e. The Morgan fingerprint density at radius 1 is 1.17 bits per heavy atom. The summed E-state index contributed by atoms with van der Waals surface area (Å²) in [6.07, 6.45) is 1.43. The van der Waals surface area contributed by atoms with E-state index in [1.165, 1.54) is 0 Å². The van der Waals surface area contributed by atoms with E-state index in [9.17, 15) is 18.0 Å². The van der Waals surface area contributed by atoms with Crippen LogP contribution in [0.2, 0.25) is 0 Å². The average Bonchev–Trinajstić information content (AvgIpc) is 2.33. The van der Waals surface area contributed by atoms with E-state index in [-0.39, 0.29) is 12.0 Å². The van der Waals surface area contributed by atoms with Crippen molar-refractivity contribution in [1.82, 2.24) is 0 Å². The Balaban J connectivity index is 2.99. The Morgan fingerprint density at radius 3 is 2.39 bits per heavy atom. The predicted octanol–water partition coefficient (Wildman–Crippen LogP) is 4.36. The molecule has 6 heteroatoms. The molecule has 1 aromatic rings. The Bertz CT molecular complexity index is 438. The second kappa shape index (κ2) is 7.00. The molecule has 0 amide bonds. The van der Waals surface area contributed by atoms with Gasteiger partial charge in [-0.15, -0.1) is 11.6 Å². The molecule has 0 heterocycles. The van der Waals surface area contributed by atoms with Crippen LogP contribution in [0.1, 0.15) is 30.7 Å². The maximum absolute atomic E-state index is 13.5. The van der Waals surface area contributed by atoms with E-state index >= 15 is 0 Å². The van der Waals surface area contributed by atoms with Crippen LogP contribution in [0.3, 0.4) is 0 Å². The molecule has 0 spiro atoms. The van der Waals surface area contributed by atoms with Gasteiger partial charge in [-0.25, -0.2) is 13.2 Å². The summed E-state index contributed by atoms with van der Waals surface area (Å²) in [5.41, 5.74) is -0.219. The summed E-state index contributed by atoms with van der Waals surface area (Å²) in [5, 5.41) is -0.797. The first kappa shape index (κ1) is 15.3. The fourth-order valence-electron chi connectivity index (χ4n) is 1.64. The van der Waals surface area contributed by atoms with Crippen LogP contribution in [0.15, 0.2) is 12.1 Å². The SMILES string of the molecule is O=C(Cl)[C@@H](CCCCCl)c1ccc(F)c(F)c1F. The molecule has 1 rings (SSSR count). The molecule has 0 fully saturated rings. The van der Waals surface area contributed by atoms with E-state index in [2.05, 4.69) is 0 Å². The van der Waals surface area contributed by atoms with Gasteiger partial charge in [-0.1, -0.05) is 12.5 Å². The largest absolute Gasteiger partial charge is 0.281 e. The van der Waals surface area contributed by atoms with Gasteiger partial charge in [-0.3, -0.25) is 4.79 Å². The molecule has 18 heavy (non-hydrogen) atoms. The minimum absolute atomic E-state index is 0.219. The molecule has 0 aliphatic heterocycles. The molecule has 0 aliphatic rings. The first-order valence-corrected chi connectivity index (χ1v) is 6.29. The normalized spacial score (nSPS) is 12.5. The van der Waals surface area contributed by atoms with E-state index < -0.39 is 28.6 Å². The minimum atomic E-state index is -1.59. The van der Waals surface area contributed by atoms with Crippen molar-refractivity contribution in [3.8, 4) is 0 Å². The van der Waals surface area contributed by atoms with Gasteiger partial charge in [-0.05, 0) is 30.5 Å². The summed E-state index contributed by atoms with van der Waals surface area (Å²) < 4.78 is 39.4. The van der Waals surface area contributed by atoms with Gasteiger partial charge >= 0.3 is 0 Å². The standard InChI is InChI=1S/C12H11Cl2F3O/c13-6-2-1-3-8(12(14)18)7-4-5-9(15)11(17)10(7)16/h4-5,8H,1-3,6H2/t8-/m0/s1. The quantitative estimate of drug-likeness (QED) is 0.330. The van der Waals surface area contributed by atoms with Gasteiger partial charge in [0.15, 0.2) is 17.5 Å². The number of rotatable bonds is 6. The number of halogens is 5. The zero-order valence-electron chi connectivity index (χ0n) is 9.36. The Morgan fingerprint density at radius 2 is 1.83 bits per heavy atom. The molecule has 1 atom stereocenters. The van der Waals surface area contributed by atoms with Gasteiger partial charge in [0.25, 0.3) is 0 Å². The number of carbonyl (C=O) groups excluding carboxylic acids is 1. The Labute approximate surface area is 113 Å². The molecule has 0 aromatic heterocycles. The third-order valence-electron chi connectivity index (χ3n) is 2.59. The lowest BCUT2D eigenvalue weighted by atomic mass is 9.94. The van der Waals surface area contributed by atoms with Gasteiger partial charge in [0.2, 0.25) is 5.24 Å². The highest BCUT2D eigenvalue weighted by Gasteiger charge is 2.25. The molecule has 100 valence electrons. The third kappa shape index (κ3) is 3.62. The fraction of sp³-hybridized carbons (Fsp3) is 0.417. The maximum Gasteiger partial charge on any atom is 0.229 e. The smallest absolute Gasteiger partial charge is 0.229 e. The van der Waals surface area contributed by atoms with Crippen LogP contribution >= 0.6 is 23.2 Å². The van der Waals surface area contributed by atoms with E-state index in [0.29, 0.717) is 18.7 Å². The number of hydrogen-bond acceptors (Lipinski definition) is 1. The third-order valence-corrected chi connectivity index (χ3v) is 3.12. The lowest BCUT2D eigenvalue weighted by Gasteiger charge is -2.14. The molecule has 1 nitrogen and oxygen atoms in total. The van der Waals surface area contributed by atoms with Gasteiger partial charge in [0.05, 0.1) is 5.92 Å². The molecule has 0 N–H and O–H groups in total. The molecule has 1 aromatic carbocycles. The molecule has 0 bridgehead atoms. The highest BCUT2D eigenvalue weighted by atomic mass is 35.5. The van der Waals surface area contributed by atoms with Crippen LogP contribution in [0.25, 0.3) is 0 Å². The number of benzene rings is 1. The van der Waals surface area contributed by atoms with E-state index in [0.717, 1.165) is 12.1 Å². The molecular formula is C12H11Cl2F3O. The number of alkyl halides is 1. The van der Waals surface area contributed by atoms with E-state index in [1.54, 1.807) is 0 Å². The summed E-state index contributed by atoms with van der Waals surface area (Å²) in [5.74, 6) is -4.82. The van der Waals surface area contributed by atoms with Crippen LogP contribution in [-0.2, 0) is 4.79 Å². The lowest BCUT2D eigenvalue weighted by molar-refractivity contribution is -0.113. The van der Waals surface area contributed by atoms with Crippen LogP contribution in [0.4, 0.5) is 13.2 Å². The molecule has 0 unspecified atom stereocenters. The zero-order valence-corrected chi connectivity index (χ0v) is 10.9. The summed E-state index contributed by atoms with van der Waals surface area (Å²) in [6, 6.07) is 1.82. The summed E-state index contributed by atoms with van der Waals surface area (Å²) in [6.45, 7) is 0. The predicted molar refractivity (Wildman–Crippen MR) is 64.5 cm³/mol. The van der Waals surface area contributed by atoms with Crippen LogP contribution < -0.4 is 0 Å². The molecule has 0 aliphatic carbocycles.